The highest BCUT2D eigenvalue weighted by molar-refractivity contribution is 7.09. The predicted octanol–water partition coefficient (Wildman–Crippen LogP) is 2.38. The van der Waals surface area contributed by atoms with E-state index in [0.717, 1.165) is 10.6 Å². The second-order valence-electron chi connectivity index (χ2n) is 6.23. The van der Waals surface area contributed by atoms with Gasteiger partial charge in [0, 0.05) is 37.3 Å². The second-order valence-corrected chi connectivity index (χ2v) is 7.21. The number of benzene rings is 1. The van der Waals surface area contributed by atoms with Gasteiger partial charge >= 0.3 is 6.03 Å². The molecule has 0 unspecified atom stereocenters. The molecule has 1 saturated heterocycles. The fourth-order valence-electron chi connectivity index (χ4n) is 2.91. The molecular formula is C18H17FN6O2S. The van der Waals surface area contributed by atoms with Gasteiger partial charge in [0.1, 0.15) is 16.5 Å². The molecule has 0 bridgehead atoms. The first-order chi connectivity index (χ1) is 13.6. The molecule has 0 atom stereocenters. The Hall–Kier alpha value is -3.27. The maximum Gasteiger partial charge on any atom is 0.326 e. The summed E-state index contributed by atoms with van der Waals surface area (Å²) >= 11 is 1.46. The van der Waals surface area contributed by atoms with Crippen LogP contribution >= 0.6 is 11.3 Å². The Morgan fingerprint density at radius 1 is 1.29 bits per heavy atom. The number of H-pyrrole nitrogens is 1. The van der Waals surface area contributed by atoms with Crippen LogP contribution < -0.4 is 10.2 Å². The second kappa shape index (κ2) is 7.77. The fourth-order valence-corrected chi connectivity index (χ4v) is 3.47. The van der Waals surface area contributed by atoms with Crippen LogP contribution in [0.3, 0.4) is 0 Å². The van der Waals surface area contributed by atoms with E-state index in [-0.39, 0.29) is 23.4 Å². The molecule has 0 spiro atoms. The summed E-state index contributed by atoms with van der Waals surface area (Å²) in [5, 5.41) is 12.2. The average Bonchev–Trinajstić information content (AvgIpc) is 3.44. The zero-order valence-corrected chi connectivity index (χ0v) is 15.6. The molecule has 3 heterocycles. The summed E-state index contributed by atoms with van der Waals surface area (Å²) in [7, 11) is 0. The fraction of sp³-hybridized carbons (Fsp3) is 0.222. The number of halogens is 1. The van der Waals surface area contributed by atoms with Crippen molar-refractivity contribution in [2.45, 2.75) is 13.1 Å². The normalized spacial score (nSPS) is 14.0. The molecule has 4 rings (SSSR count). The van der Waals surface area contributed by atoms with Crippen molar-refractivity contribution in [2.24, 2.45) is 0 Å². The van der Waals surface area contributed by atoms with E-state index in [2.05, 4.69) is 20.5 Å². The van der Waals surface area contributed by atoms with Crippen molar-refractivity contribution in [3.8, 4) is 0 Å². The van der Waals surface area contributed by atoms with Crippen LogP contribution in [0.5, 0.6) is 0 Å². The van der Waals surface area contributed by atoms with Gasteiger partial charge < -0.3 is 10.2 Å². The summed E-state index contributed by atoms with van der Waals surface area (Å²) in [5.41, 5.74) is 1.12. The van der Waals surface area contributed by atoms with Gasteiger partial charge in [-0.2, -0.15) is 5.10 Å². The number of carbonyl (C=O) groups excluding carboxylic acids is 2. The average molecular weight is 400 g/mol. The Morgan fingerprint density at radius 3 is 2.86 bits per heavy atom. The molecule has 8 nitrogen and oxygen atoms in total. The summed E-state index contributed by atoms with van der Waals surface area (Å²) in [5.74, 6) is -0.231. The maximum atomic E-state index is 13.0. The lowest BCUT2D eigenvalue weighted by Gasteiger charge is -2.17. The minimum atomic E-state index is -0.316. The van der Waals surface area contributed by atoms with E-state index in [1.807, 2.05) is 5.38 Å². The molecule has 1 aliphatic rings. The molecule has 2 aromatic heterocycles. The van der Waals surface area contributed by atoms with Crippen molar-refractivity contribution in [1.82, 2.24) is 25.4 Å². The Bertz CT molecular complexity index is 972. The summed E-state index contributed by atoms with van der Waals surface area (Å²) in [4.78, 5) is 32.2. The van der Waals surface area contributed by atoms with Crippen molar-refractivity contribution in [3.05, 3.63) is 64.0 Å². The third-order valence-corrected chi connectivity index (χ3v) is 5.13. The van der Waals surface area contributed by atoms with Crippen LogP contribution in [0.2, 0.25) is 0 Å². The number of amides is 3. The first kappa shape index (κ1) is 18.1. The van der Waals surface area contributed by atoms with Gasteiger partial charge in [0.05, 0.1) is 6.54 Å². The zero-order chi connectivity index (χ0) is 19.5. The number of thiazole rings is 1. The first-order valence-electron chi connectivity index (χ1n) is 8.63. The number of nitrogens with one attached hydrogen (secondary N) is 2. The third kappa shape index (κ3) is 3.86. The number of hydrogen-bond donors (Lipinski definition) is 2. The van der Waals surface area contributed by atoms with Crippen LogP contribution in [0.25, 0.3) is 0 Å². The maximum absolute atomic E-state index is 13.0. The van der Waals surface area contributed by atoms with Gasteiger partial charge in [-0.25, -0.2) is 14.2 Å². The number of aromatic amines is 1. The Morgan fingerprint density at radius 2 is 2.11 bits per heavy atom. The zero-order valence-electron chi connectivity index (χ0n) is 14.8. The van der Waals surface area contributed by atoms with Crippen molar-refractivity contribution < 1.29 is 14.0 Å². The number of nitrogens with zero attached hydrogens (tertiary/aromatic N) is 4. The summed E-state index contributed by atoms with van der Waals surface area (Å²) in [6, 6.07) is 7.41. The van der Waals surface area contributed by atoms with Gasteiger partial charge in [-0.15, -0.1) is 11.3 Å². The van der Waals surface area contributed by atoms with Gasteiger partial charge in [0.15, 0.2) is 5.82 Å². The van der Waals surface area contributed by atoms with Crippen LogP contribution in [0.1, 0.15) is 21.1 Å². The van der Waals surface area contributed by atoms with Crippen LogP contribution in [-0.2, 0) is 13.1 Å². The third-order valence-electron chi connectivity index (χ3n) is 4.35. The standard InChI is InChI=1S/C18H17FN6O2S/c19-13-3-1-12(2-4-13)11-24-6-7-25(18(24)27)15-9-14(22-23-15)17(26)21-10-16-20-5-8-28-16/h1-5,8-9H,6-7,10-11H2,(H,21,26)(H,22,23). The van der Waals surface area contributed by atoms with Crippen LogP contribution in [-0.4, -0.2) is 45.1 Å². The number of anilines is 1. The van der Waals surface area contributed by atoms with Gasteiger partial charge in [0.2, 0.25) is 0 Å². The Kier molecular flexibility index (Phi) is 5.02. The van der Waals surface area contributed by atoms with Crippen LogP contribution in [0, 0.1) is 5.82 Å². The number of rotatable bonds is 6. The molecule has 144 valence electrons. The monoisotopic (exact) mass is 400 g/mol. The molecule has 0 radical (unpaired) electrons. The Balaban J connectivity index is 1.37. The molecule has 0 saturated carbocycles. The van der Waals surface area contributed by atoms with E-state index >= 15 is 0 Å². The molecule has 1 aromatic carbocycles. The van der Waals surface area contributed by atoms with E-state index in [4.69, 9.17) is 0 Å². The van der Waals surface area contributed by atoms with Crippen molar-refractivity contribution in [2.75, 3.05) is 18.0 Å². The summed E-state index contributed by atoms with van der Waals surface area (Å²) in [6.45, 7) is 1.71. The SMILES string of the molecule is O=C(NCc1nccs1)c1cc(N2CCN(Cc3ccc(F)cc3)C2=O)n[nH]1. The molecule has 0 aliphatic carbocycles. The molecule has 28 heavy (non-hydrogen) atoms. The predicted molar refractivity (Wildman–Crippen MR) is 101 cm³/mol. The molecule has 10 heteroatoms. The van der Waals surface area contributed by atoms with Crippen molar-refractivity contribution >= 4 is 29.1 Å². The van der Waals surface area contributed by atoms with Gasteiger partial charge in [0.25, 0.3) is 5.91 Å². The van der Waals surface area contributed by atoms with Crippen LogP contribution in [0.15, 0.2) is 41.9 Å². The summed E-state index contributed by atoms with van der Waals surface area (Å²) in [6.07, 6.45) is 1.68. The van der Waals surface area contributed by atoms with Crippen molar-refractivity contribution in [1.29, 1.82) is 0 Å². The smallest absolute Gasteiger partial charge is 0.326 e. The van der Waals surface area contributed by atoms with Gasteiger partial charge in [-0.3, -0.25) is 14.8 Å². The molecular weight excluding hydrogens is 383 g/mol. The van der Waals surface area contributed by atoms with E-state index in [1.54, 1.807) is 29.3 Å². The van der Waals surface area contributed by atoms with E-state index in [0.29, 0.717) is 32.0 Å². The van der Waals surface area contributed by atoms with Crippen LogP contribution in [0.4, 0.5) is 15.0 Å². The molecule has 3 amide bonds. The minimum absolute atomic E-state index is 0.203. The topological polar surface area (TPSA) is 94.2 Å². The lowest BCUT2D eigenvalue weighted by atomic mass is 10.2. The van der Waals surface area contributed by atoms with Crippen molar-refractivity contribution in [3.63, 3.8) is 0 Å². The molecule has 2 N–H and O–H groups in total. The molecule has 3 aromatic rings. The molecule has 1 aliphatic heterocycles. The highest BCUT2D eigenvalue weighted by Crippen LogP contribution is 2.20. The molecule has 1 fully saturated rings. The van der Waals surface area contributed by atoms with E-state index in [9.17, 15) is 14.0 Å². The number of carbonyl (C=O) groups is 2. The number of urea groups is 1. The minimum Gasteiger partial charge on any atom is -0.344 e. The largest absolute Gasteiger partial charge is 0.344 e. The van der Waals surface area contributed by atoms with E-state index < -0.39 is 0 Å². The van der Waals surface area contributed by atoms with E-state index in [1.165, 1.54) is 28.4 Å². The quantitative estimate of drug-likeness (QED) is 0.664. The summed E-state index contributed by atoms with van der Waals surface area (Å²) < 4.78 is 13.0. The highest BCUT2D eigenvalue weighted by Gasteiger charge is 2.31. The lowest BCUT2D eigenvalue weighted by molar-refractivity contribution is 0.0946. The number of aromatic nitrogens is 3. The lowest BCUT2D eigenvalue weighted by Crippen LogP contribution is -2.31. The highest BCUT2D eigenvalue weighted by atomic mass is 32.1. The number of hydrogen-bond acceptors (Lipinski definition) is 5. The first-order valence-corrected chi connectivity index (χ1v) is 9.51. The Labute approximate surface area is 164 Å². The van der Waals surface area contributed by atoms with Gasteiger partial charge in [-0.1, -0.05) is 12.1 Å². The van der Waals surface area contributed by atoms with Gasteiger partial charge in [-0.05, 0) is 17.7 Å².